The number of rotatable bonds is 1. The molecule has 4 heteroatoms. The van der Waals surface area contributed by atoms with E-state index in [9.17, 15) is 4.79 Å². The van der Waals surface area contributed by atoms with E-state index in [1.54, 1.807) is 11.9 Å². The minimum Gasteiger partial charge on any atom is -0.439 e. The fourth-order valence-electron chi connectivity index (χ4n) is 1.47. The lowest BCUT2D eigenvalue weighted by molar-refractivity contribution is 0.134. The quantitative estimate of drug-likeness (QED) is 0.772. The van der Waals surface area contributed by atoms with Crippen LogP contribution in [0.4, 0.5) is 4.79 Å². The number of carbonyl (C=O) groups excluding carboxylic acids is 1. The standard InChI is InChI=1S/C10H10BrNO2/c1-12-6-9(14-10(12)13)7-4-2-3-5-8(7)11/h2-5,9H,6H2,1H3. The third-order valence-electron chi connectivity index (χ3n) is 2.25. The van der Waals surface area contributed by atoms with Gasteiger partial charge in [0.2, 0.25) is 0 Å². The lowest BCUT2D eigenvalue weighted by Gasteiger charge is -2.09. The summed E-state index contributed by atoms with van der Waals surface area (Å²) in [5.74, 6) is 0. The molecule has 0 radical (unpaired) electrons. The predicted molar refractivity (Wildman–Crippen MR) is 56.0 cm³/mol. The van der Waals surface area contributed by atoms with E-state index in [0.717, 1.165) is 10.0 Å². The summed E-state index contributed by atoms with van der Waals surface area (Å²) in [4.78, 5) is 12.7. The molecule has 0 aromatic heterocycles. The molecule has 74 valence electrons. The fraction of sp³-hybridized carbons (Fsp3) is 0.300. The molecular formula is C10H10BrNO2. The number of ether oxygens (including phenoxy) is 1. The van der Waals surface area contributed by atoms with Crippen molar-refractivity contribution in [2.45, 2.75) is 6.10 Å². The third kappa shape index (κ3) is 1.62. The van der Waals surface area contributed by atoms with Crippen LogP contribution in [0.1, 0.15) is 11.7 Å². The number of likely N-dealkylation sites (N-methyl/N-ethyl adjacent to an activating group) is 1. The van der Waals surface area contributed by atoms with E-state index in [-0.39, 0.29) is 12.2 Å². The Bertz CT molecular complexity index is 367. The van der Waals surface area contributed by atoms with Crippen molar-refractivity contribution in [3.8, 4) is 0 Å². The molecule has 1 aliphatic rings. The van der Waals surface area contributed by atoms with E-state index in [0.29, 0.717) is 6.54 Å². The number of hydrogen-bond donors (Lipinski definition) is 0. The van der Waals surface area contributed by atoms with Crippen molar-refractivity contribution in [2.24, 2.45) is 0 Å². The molecule has 1 aromatic carbocycles. The van der Waals surface area contributed by atoms with Crippen LogP contribution >= 0.6 is 15.9 Å². The van der Waals surface area contributed by atoms with Crippen LogP contribution in [0, 0.1) is 0 Å². The van der Waals surface area contributed by atoms with Gasteiger partial charge < -0.3 is 9.64 Å². The van der Waals surface area contributed by atoms with Crippen molar-refractivity contribution in [3.05, 3.63) is 34.3 Å². The molecule has 1 unspecified atom stereocenters. The summed E-state index contributed by atoms with van der Waals surface area (Å²) in [5, 5.41) is 0. The summed E-state index contributed by atoms with van der Waals surface area (Å²) in [7, 11) is 1.74. The van der Waals surface area contributed by atoms with Crippen LogP contribution in [0.15, 0.2) is 28.7 Å². The Morgan fingerprint density at radius 3 is 2.79 bits per heavy atom. The van der Waals surface area contributed by atoms with Crippen LogP contribution in [0.5, 0.6) is 0 Å². The number of benzene rings is 1. The van der Waals surface area contributed by atoms with E-state index in [4.69, 9.17) is 4.74 Å². The first-order valence-electron chi connectivity index (χ1n) is 4.34. The molecule has 2 rings (SSSR count). The summed E-state index contributed by atoms with van der Waals surface area (Å²) in [6.45, 7) is 0.613. The van der Waals surface area contributed by atoms with Crippen LogP contribution in [0.3, 0.4) is 0 Å². The Hall–Kier alpha value is -1.03. The zero-order chi connectivity index (χ0) is 10.1. The molecule has 14 heavy (non-hydrogen) atoms. The highest BCUT2D eigenvalue weighted by Crippen LogP contribution is 2.30. The molecule has 1 aliphatic heterocycles. The Labute approximate surface area is 90.8 Å². The molecule has 1 amide bonds. The minimum absolute atomic E-state index is 0.150. The molecule has 0 N–H and O–H groups in total. The second-order valence-electron chi connectivity index (χ2n) is 3.27. The number of cyclic esters (lactones) is 1. The number of amides is 1. The van der Waals surface area contributed by atoms with Gasteiger partial charge in [-0.05, 0) is 6.07 Å². The number of nitrogens with zero attached hydrogens (tertiary/aromatic N) is 1. The van der Waals surface area contributed by atoms with Gasteiger partial charge in [-0.15, -0.1) is 0 Å². The van der Waals surface area contributed by atoms with Crippen molar-refractivity contribution in [1.82, 2.24) is 4.90 Å². The maximum atomic E-state index is 11.2. The first kappa shape index (κ1) is 9.52. The molecule has 1 heterocycles. The van der Waals surface area contributed by atoms with E-state index < -0.39 is 0 Å². The maximum Gasteiger partial charge on any atom is 0.410 e. The lowest BCUT2D eigenvalue weighted by atomic mass is 10.1. The normalized spacial score (nSPS) is 21.1. The van der Waals surface area contributed by atoms with Crippen LogP contribution in [0.2, 0.25) is 0 Å². The maximum absolute atomic E-state index is 11.2. The van der Waals surface area contributed by atoms with Gasteiger partial charge in [-0.2, -0.15) is 0 Å². The Kier molecular flexibility index (Phi) is 2.46. The van der Waals surface area contributed by atoms with Crippen LogP contribution < -0.4 is 0 Å². The summed E-state index contributed by atoms with van der Waals surface area (Å²) in [6, 6.07) is 7.78. The largest absolute Gasteiger partial charge is 0.439 e. The second kappa shape index (κ2) is 3.61. The fourth-order valence-corrected chi connectivity index (χ4v) is 2.01. The van der Waals surface area contributed by atoms with Gasteiger partial charge in [0.1, 0.15) is 6.10 Å². The van der Waals surface area contributed by atoms with E-state index in [2.05, 4.69) is 15.9 Å². The van der Waals surface area contributed by atoms with Crippen LogP contribution in [-0.4, -0.2) is 24.6 Å². The van der Waals surface area contributed by atoms with Gasteiger partial charge in [-0.1, -0.05) is 34.1 Å². The van der Waals surface area contributed by atoms with Gasteiger partial charge in [-0.25, -0.2) is 4.79 Å². The second-order valence-corrected chi connectivity index (χ2v) is 4.13. The van der Waals surface area contributed by atoms with E-state index >= 15 is 0 Å². The summed E-state index contributed by atoms with van der Waals surface area (Å²) in [5.41, 5.74) is 1.02. The highest BCUT2D eigenvalue weighted by Gasteiger charge is 2.30. The zero-order valence-electron chi connectivity index (χ0n) is 7.74. The molecule has 0 saturated carbocycles. The van der Waals surface area contributed by atoms with Gasteiger partial charge in [0, 0.05) is 17.1 Å². The highest BCUT2D eigenvalue weighted by atomic mass is 79.9. The van der Waals surface area contributed by atoms with Crippen LogP contribution in [0.25, 0.3) is 0 Å². The van der Waals surface area contributed by atoms with Crippen LogP contribution in [-0.2, 0) is 4.74 Å². The SMILES string of the molecule is CN1CC(c2ccccc2Br)OC1=O. The van der Waals surface area contributed by atoms with Gasteiger partial charge in [0.05, 0.1) is 6.54 Å². The molecule has 0 aliphatic carbocycles. The van der Waals surface area contributed by atoms with Crippen molar-refractivity contribution < 1.29 is 9.53 Å². The van der Waals surface area contributed by atoms with Gasteiger partial charge in [-0.3, -0.25) is 0 Å². The number of hydrogen-bond acceptors (Lipinski definition) is 2. The molecule has 3 nitrogen and oxygen atoms in total. The molecule has 0 spiro atoms. The van der Waals surface area contributed by atoms with Gasteiger partial charge >= 0.3 is 6.09 Å². The third-order valence-corrected chi connectivity index (χ3v) is 2.97. The number of halogens is 1. The Balaban J connectivity index is 2.25. The predicted octanol–water partition coefficient (Wildman–Crippen LogP) is 2.57. The highest BCUT2D eigenvalue weighted by molar-refractivity contribution is 9.10. The van der Waals surface area contributed by atoms with Gasteiger partial charge in [0.25, 0.3) is 0 Å². The van der Waals surface area contributed by atoms with Gasteiger partial charge in [0.15, 0.2) is 0 Å². The van der Waals surface area contributed by atoms with Crippen molar-refractivity contribution in [2.75, 3.05) is 13.6 Å². The Morgan fingerprint density at radius 2 is 2.21 bits per heavy atom. The van der Waals surface area contributed by atoms with Crippen molar-refractivity contribution in [1.29, 1.82) is 0 Å². The summed E-state index contributed by atoms with van der Waals surface area (Å²) < 4.78 is 6.18. The van der Waals surface area contributed by atoms with Crippen molar-refractivity contribution in [3.63, 3.8) is 0 Å². The zero-order valence-corrected chi connectivity index (χ0v) is 9.32. The average molecular weight is 256 g/mol. The lowest BCUT2D eigenvalue weighted by Crippen LogP contribution is -2.17. The first-order chi connectivity index (χ1) is 6.68. The average Bonchev–Trinajstić information content (AvgIpc) is 2.48. The summed E-state index contributed by atoms with van der Waals surface area (Å²) >= 11 is 3.44. The van der Waals surface area contributed by atoms with Crippen molar-refractivity contribution >= 4 is 22.0 Å². The van der Waals surface area contributed by atoms with E-state index in [1.165, 1.54) is 0 Å². The smallest absolute Gasteiger partial charge is 0.410 e. The molecule has 1 fully saturated rings. The van der Waals surface area contributed by atoms with E-state index in [1.807, 2.05) is 24.3 Å². The Morgan fingerprint density at radius 1 is 1.50 bits per heavy atom. The monoisotopic (exact) mass is 255 g/mol. The molecule has 0 bridgehead atoms. The minimum atomic E-state index is -0.259. The molecular weight excluding hydrogens is 246 g/mol. The molecule has 1 atom stereocenters. The number of carbonyl (C=O) groups is 1. The molecule has 1 aromatic rings. The first-order valence-corrected chi connectivity index (χ1v) is 5.14. The molecule has 1 saturated heterocycles. The summed E-state index contributed by atoms with van der Waals surface area (Å²) in [6.07, 6.45) is -0.408. The topological polar surface area (TPSA) is 29.5 Å².